The Kier molecular flexibility index (Phi) is 7.93. The molecule has 0 saturated heterocycles. The highest BCUT2D eigenvalue weighted by atomic mass is 32.1. The van der Waals surface area contributed by atoms with E-state index in [-0.39, 0.29) is 0 Å². The first-order valence-corrected chi connectivity index (χ1v) is 26.6. The molecule has 0 saturated carbocycles. The van der Waals surface area contributed by atoms with Gasteiger partial charge in [-0.05, 0) is 80.2 Å². The molecule has 9 rings (SSSR count). The van der Waals surface area contributed by atoms with Gasteiger partial charge in [-0.2, -0.15) is 0 Å². The number of thiazole rings is 2. The molecule has 0 spiro atoms. The lowest BCUT2D eigenvalue weighted by atomic mass is 9.85. The standard InChI is InChI=1S/C46H40N2S2Si2/c1-51(2,3)33-21-23-39-41(27-33)49-45(47-39)31-15-11-13-29(25-31)43-35-17-7-9-19-37(35)44(38-20-10-8-18-36(38)43)30-14-12-16-32(26-30)46-48-40-24-22-34(52(4,5)6)28-42(40)50-46/h7-28H,1-6H3. The van der Waals surface area contributed by atoms with E-state index in [2.05, 4.69) is 173 Å². The molecule has 6 heteroatoms. The molecule has 2 nitrogen and oxygen atoms in total. The second-order valence-electron chi connectivity index (χ2n) is 15.9. The zero-order valence-electron chi connectivity index (χ0n) is 30.4. The van der Waals surface area contributed by atoms with Gasteiger partial charge in [-0.15, -0.1) is 22.7 Å². The molecule has 0 fully saturated rings. The van der Waals surface area contributed by atoms with E-state index >= 15 is 0 Å². The number of rotatable bonds is 6. The average molecular weight is 741 g/mol. The highest BCUT2D eigenvalue weighted by Crippen LogP contribution is 2.45. The Morgan fingerprint density at radius 1 is 0.385 bits per heavy atom. The van der Waals surface area contributed by atoms with Gasteiger partial charge in [0, 0.05) is 11.1 Å². The fourth-order valence-electron chi connectivity index (χ4n) is 7.40. The first kappa shape index (κ1) is 33.1. The molecule has 0 amide bonds. The SMILES string of the molecule is C[Si](C)(C)c1ccc2nc(-c3cccc(-c4c5ccccc5c(-c5cccc(-c6nc7ccc([Si](C)(C)C)cc7s6)c5)c5ccccc45)c3)sc2c1. The largest absolute Gasteiger partial charge is 0.236 e. The van der Waals surface area contributed by atoms with Crippen LogP contribution in [0.5, 0.6) is 0 Å². The van der Waals surface area contributed by atoms with Crippen molar-refractivity contribution < 1.29 is 0 Å². The quantitative estimate of drug-likeness (QED) is 0.125. The molecule has 9 aromatic rings. The summed E-state index contributed by atoms with van der Waals surface area (Å²) in [5.74, 6) is 0. The van der Waals surface area contributed by atoms with E-state index in [0.717, 1.165) is 32.2 Å². The van der Waals surface area contributed by atoms with Crippen molar-refractivity contribution in [3.8, 4) is 43.4 Å². The third-order valence-corrected chi connectivity index (χ3v) is 16.5. The van der Waals surface area contributed by atoms with E-state index in [9.17, 15) is 0 Å². The van der Waals surface area contributed by atoms with Crippen LogP contribution in [0.15, 0.2) is 133 Å². The van der Waals surface area contributed by atoms with Crippen LogP contribution in [0.25, 0.3) is 85.4 Å². The van der Waals surface area contributed by atoms with Crippen LogP contribution in [0.2, 0.25) is 39.3 Å². The summed E-state index contributed by atoms with van der Waals surface area (Å²) in [4.78, 5) is 10.2. The van der Waals surface area contributed by atoms with Crippen LogP contribution < -0.4 is 10.4 Å². The van der Waals surface area contributed by atoms with Gasteiger partial charge in [0.1, 0.15) is 10.0 Å². The van der Waals surface area contributed by atoms with E-state index in [1.165, 1.54) is 63.6 Å². The van der Waals surface area contributed by atoms with Crippen LogP contribution in [0.1, 0.15) is 0 Å². The first-order valence-electron chi connectivity index (χ1n) is 18.0. The maximum atomic E-state index is 5.11. The summed E-state index contributed by atoms with van der Waals surface area (Å²) in [6.45, 7) is 14.4. The third kappa shape index (κ3) is 5.84. The van der Waals surface area contributed by atoms with Gasteiger partial charge in [-0.3, -0.25) is 0 Å². The van der Waals surface area contributed by atoms with E-state index < -0.39 is 16.1 Å². The van der Waals surface area contributed by atoms with Gasteiger partial charge in [-0.25, -0.2) is 9.97 Å². The van der Waals surface area contributed by atoms with Crippen molar-refractivity contribution in [1.29, 1.82) is 0 Å². The number of benzene rings is 7. The summed E-state index contributed by atoms with van der Waals surface area (Å²) in [6, 6.07) is 49.6. The molecular weight excluding hydrogens is 701 g/mol. The molecule has 0 aliphatic carbocycles. The fraction of sp³-hybridized carbons (Fsp3) is 0.130. The van der Waals surface area contributed by atoms with Gasteiger partial charge in [0.25, 0.3) is 0 Å². The number of aromatic nitrogens is 2. The van der Waals surface area contributed by atoms with Crippen molar-refractivity contribution >= 4 is 91.2 Å². The van der Waals surface area contributed by atoms with Crippen molar-refractivity contribution in [2.75, 3.05) is 0 Å². The van der Waals surface area contributed by atoms with Crippen molar-refractivity contribution in [1.82, 2.24) is 9.97 Å². The van der Waals surface area contributed by atoms with Gasteiger partial charge in [-0.1, -0.05) is 147 Å². The third-order valence-electron chi connectivity index (χ3n) is 10.2. The lowest BCUT2D eigenvalue weighted by Crippen LogP contribution is -2.37. The molecule has 254 valence electrons. The lowest BCUT2D eigenvalue weighted by Gasteiger charge is -2.18. The highest BCUT2D eigenvalue weighted by molar-refractivity contribution is 7.22. The minimum atomic E-state index is -1.41. The molecule has 0 aliphatic rings. The van der Waals surface area contributed by atoms with Gasteiger partial charge >= 0.3 is 0 Å². The van der Waals surface area contributed by atoms with Gasteiger partial charge in [0.2, 0.25) is 0 Å². The van der Waals surface area contributed by atoms with Crippen molar-refractivity contribution in [2.24, 2.45) is 0 Å². The Bertz CT molecular complexity index is 2580. The Morgan fingerprint density at radius 2 is 0.750 bits per heavy atom. The van der Waals surface area contributed by atoms with Gasteiger partial charge in [0.05, 0.1) is 36.6 Å². The summed E-state index contributed by atoms with van der Waals surface area (Å²) < 4.78 is 2.54. The van der Waals surface area contributed by atoms with Crippen LogP contribution in [0, 0.1) is 0 Å². The Balaban J connectivity index is 1.19. The maximum absolute atomic E-state index is 5.11. The summed E-state index contributed by atoms with van der Waals surface area (Å²) in [5, 5.41) is 10.1. The van der Waals surface area contributed by atoms with E-state index in [0.29, 0.717) is 0 Å². The smallest absolute Gasteiger partial charge is 0.124 e. The first-order chi connectivity index (χ1) is 25.0. The molecule has 7 aromatic carbocycles. The predicted molar refractivity (Wildman–Crippen MR) is 236 cm³/mol. The minimum absolute atomic E-state index is 1.07. The number of nitrogens with zero attached hydrogens (tertiary/aromatic N) is 2. The summed E-state index contributed by atoms with van der Waals surface area (Å²) >= 11 is 3.60. The van der Waals surface area contributed by atoms with Crippen molar-refractivity contribution in [3.63, 3.8) is 0 Å². The Hall–Kier alpha value is -4.73. The molecule has 0 atom stereocenters. The maximum Gasteiger partial charge on any atom is 0.124 e. The molecule has 0 unspecified atom stereocenters. The van der Waals surface area contributed by atoms with E-state index in [1.807, 2.05) is 0 Å². The van der Waals surface area contributed by atoms with Gasteiger partial charge in [0.15, 0.2) is 0 Å². The molecule has 2 aromatic heterocycles. The second-order valence-corrected chi connectivity index (χ2v) is 28.1. The zero-order chi connectivity index (χ0) is 35.8. The normalized spacial score (nSPS) is 12.4. The number of hydrogen-bond acceptors (Lipinski definition) is 4. The second kappa shape index (κ2) is 12.5. The average Bonchev–Trinajstić information content (AvgIpc) is 3.77. The Morgan fingerprint density at radius 3 is 1.12 bits per heavy atom. The van der Waals surface area contributed by atoms with Crippen molar-refractivity contribution in [2.45, 2.75) is 39.3 Å². The molecule has 0 aliphatic heterocycles. The molecule has 0 N–H and O–H groups in total. The molecule has 0 bridgehead atoms. The van der Waals surface area contributed by atoms with E-state index in [4.69, 9.17) is 9.97 Å². The van der Waals surface area contributed by atoms with Crippen LogP contribution in [0.4, 0.5) is 0 Å². The monoisotopic (exact) mass is 740 g/mol. The number of hydrogen-bond donors (Lipinski definition) is 0. The minimum Gasteiger partial charge on any atom is -0.236 e. The van der Waals surface area contributed by atoms with Crippen LogP contribution >= 0.6 is 22.7 Å². The van der Waals surface area contributed by atoms with Crippen LogP contribution in [-0.2, 0) is 0 Å². The summed E-state index contributed by atoms with van der Waals surface area (Å²) in [7, 11) is -2.83. The molecule has 0 radical (unpaired) electrons. The summed E-state index contributed by atoms with van der Waals surface area (Å²) in [6.07, 6.45) is 0. The fourth-order valence-corrected chi connectivity index (χ4v) is 11.9. The van der Waals surface area contributed by atoms with Crippen LogP contribution in [-0.4, -0.2) is 26.1 Å². The predicted octanol–water partition coefficient (Wildman–Crippen LogP) is 13.0. The molecular formula is C46H40N2S2Si2. The van der Waals surface area contributed by atoms with Crippen LogP contribution in [0.3, 0.4) is 0 Å². The topological polar surface area (TPSA) is 25.8 Å². The van der Waals surface area contributed by atoms with Crippen molar-refractivity contribution in [3.05, 3.63) is 133 Å². The molecule has 52 heavy (non-hydrogen) atoms. The van der Waals surface area contributed by atoms with Gasteiger partial charge < -0.3 is 0 Å². The highest BCUT2D eigenvalue weighted by Gasteiger charge is 2.21. The van der Waals surface area contributed by atoms with E-state index in [1.54, 1.807) is 22.7 Å². The number of fused-ring (bicyclic) bond motifs is 4. The zero-order valence-corrected chi connectivity index (χ0v) is 34.0. The lowest BCUT2D eigenvalue weighted by molar-refractivity contribution is 1.48. The summed E-state index contributed by atoms with van der Waals surface area (Å²) in [5.41, 5.74) is 9.42. The Labute approximate surface area is 315 Å². The molecule has 2 heterocycles.